The first-order valence-electron chi connectivity index (χ1n) is 6.31. The quantitative estimate of drug-likeness (QED) is 0.677. The molecule has 6 nitrogen and oxygen atoms in total. The van der Waals surface area contributed by atoms with Crippen LogP contribution in [-0.4, -0.2) is 35.7 Å². The molecule has 1 aliphatic rings. The summed E-state index contributed by atoms with van der Waals surface area (Å²) in [6.07, 6.45) is 1.47. The second-order valence-corrected chi connectivity index (χ2v) is 4.77. The number of rotatable bonds is 4. The Morgan fingerprint density at radius 2 is 2.40 bits per heavy atom. The lowest BCUT2D eigenvalue weighted by atomic mass is 10.2. The van der Waals surface area contributed by atoms with Crippen LogP contribution in [0.25, 0.3) is 0 Å². The van der Waals surface area contributed by atoms with Crippen molar-refractivity contribution in [3.05, 3.63) is 23.5 Å². The number of pyridine rings is 1. The highest BCUT2D eigenvalue weighted by molar-refractivity contribution is 6.32. The summed E-state index contributed by atoms with van der Waals surface area (Å²) in [4.78, 5) is 27.5. The number of halogens is 1. The summed E-state index contributed by atoms with van der Waals surface area (Å²) in [7, 11) is 0. The van der Waals surface area contributed by atoms with E-state index >= 15 is 0 Å². The van der Waals surface area contributed by atoms with Crippen molar-refractivity contribution >= 4 is 29.2 Å². The summed E-state index contributed by atoms with van der Waals surface area (Å²) in [5.41, 5.74) is 0.374. The van der Waals surface area contributed by atoms with E-state index in [1.165, 1.54) is 13.1 Å². The number of anilines is 1. The van der Waals surface area contributed by atoms with Crippen LogP contribution in [0.3, 0.4) is 0 Å². The Morgan fingerprint density at radius 1 is 1.60 bits per heavy atom. The first kappa shape index (κ1) is 14.7. The molecule has 0 saturated carbocycles. The Morgan fingerprint density at radius 3 is 3.05 bits per heavy atom. The van der Waals surface area contributed by atoms with E-state index in [1.807, 2.05) is 0 Å². The summed E-state index contributed by atoms with van der Waals surface area (Å²) in [5.74, 6) is -0.978. The van der Waals surface area contributed by atoms with E-state index in [1.54, 1.807) is 12.1 Å². The molecule has 7 heteroatoms. The summed E-state index contributed by atoms with van der Waals surface area (Å²) < 4.78 is 10.3. The van der Waals surface area contributed by atoms with Gasteiger partial charge >= 0.3 is 5.97 Å². The smallest absolute Gasteiger partial charge is 0.336 e. The largest absolute Gasteiger partial charge is 0.451 e. The van der Waals surface area contributed by atoms with E-state index in [2.05, 4.69) is 10.3 Å². The van der Waals surface area contributed by atoms with E-state index in [-0.39, 0.29) is 5.15 Å². The minimum atomic E-state index is -0.928. The molecule has 0 aromatic carbocycles. The van der Waals surface area contributed by atoms with Crippen molar-refractivity contribution in [1.82, 2.24) is 4.98 Å². The SMILES string of the molecule is C[C@H](OC(=O)[C@H]1CCCO1)C(=O)Nc1cccnc1Cl. The summed E-state index contributed by atoms with van der Waals surface area (Å²) in [6.45, 7) is 2.04. The highest BCUT2D eigenvalue weighted by Gasteiger charge is 2.28. The van der Waals surface area contributed by atoms with E-state index in [0.29, 0.717) is 18.7 Å². The molecular weight excluding hydrogens is 284 g/mol. The van der Waals surface area contributed by atoms with Crippen LogP contribution in [0.4, 0.5) is 5.69 Å². The van der Waals surface area contributed by atoms with Crippen LogP contribution in [0.5, 0.6) is 0 Å². The third kappa shape index (κ3) is 3.68. The summed E-state index contributed by atoms with van der Waals surface area (Å²) in [6, 6.07) is 3.26. The lowest BCUT2D eigenvalue weighted by Crippen LogP contribution is -2.34. The molecule has 1 fully saturated rings. The maximum absolute atomic E-state index is 11.9. The van der Waals surface area contributed by atoms with Crippen LogP contribution >= 0.6 is 11.6 Å². The maximum Gasteiger partial charge on any atom is 0.336 e. The number of hydrogen-bond donors (Lipinski definition) is 1. The van der Waals surface area contributed by atoms with Crippen molar-refractivity contribution in [1.29, 1.82) is 0 Å². The molecule has 1 aliphatic heterocycles. The third-order valence-corrected chi connectivity index (χ3v) is 3.17. The molecule has 1 saturated heterocycles. The number of esters is 1. The Hall–Kier alpha value is -1.66. The monoisotopic (exact) mass is 298 g/mol. The fraction of sp³-hybridized carbons (Fsp3) is 0.462. The second-order valence-electron chi connectivity index (χ2n) is 4.41. The molecule has 0 unspecified atom stereocenters. The van der Waals surface area contributed by atoms with Crippen LogP contribution in [-0.2, 0) is 19.1 Å². The lowest BCUT2D eigenvalue weighted by molar-refractivity contribution is -0.162. The van der Waals surface area contributed by atoms with E-state index < -0.39 is 24.1 Å². The van der Waals surface area contributed by atoms with Gasteiger partial charge in [-0.3, -0.25) is 4.79 Å². The highest BCUT2D eigenvalue weighted by Crippen LogP contribution is 2.18. The number of ether oxygens (including phenoxy) is 2. The number of nitrogens with one attached hydrogen (secondary N) is 1. The molecular formula is C13H15ClN2O4. The van der Waals surface area contributed by atoms with Gasteiger partial charge in [-0.1, -0.05) is 11.6 Å². The summed E-state index contributed by atoms with van der Waals surface area (Å²) in [5, 5.41) is 2.73. The first-order chi connectivity index (χ1) is 9.58. The van der Waals surface area contributed by atoms with Gasteiger partial charge in [0.25, 0.3) is 5.91 Å². The predicted octanol–water partition coefficient (Wildman–Crippen LogP) is 1.78. The van der Waals surface area contributed by atoms with Gasteiger partial charge in [-0.25, -0.2) is 9.78 Å². The maximum atomic E-state index is 11.9. The van der Waals surface area contributed by atoms with Gasteiger partial charge in [-0.15, -0.1) is 0 Å². The molecule has 2 atom stereocenters. The zero-order chi connectivity index (χ0) is 14.5. The van der Waals surface area contributed by atoms with Gasteiger partial charge in [-0.2, -0.15) is 0 Å². The predicted molar refractivity (Wildman–Crippen MR) is 72.4 cm³/mol. The van der Waals surface area contributed by atoms with E-state index in [0.717, 1.165) is 6.42 Å². The van der Waals surface area contributed by atoms with E-state index in [4.69, 9.17) is 21.1 Å². The van der Waals surface area contributed by atoms with Gasteiger partial charge in [0.15, 0.2) is 17.4 Å². The third-order valence-electron chi connectivity index (χ3n) is 2.87. The van der Waals surface area contributed by atoms with Crippen molar-refractivity contribution < 1.29 is 19.1 Å². The van der Waals surface area contributed by atoms with Crippen molar-refractivity contribution in [2.24, 2.45) is 0 Å². The molecule has 1 N–H and O–H groups in total. The molecule has 108 valence electrons. The van der Waals surface area contributed by atoms with Gasteiger partial charge in [0.05, 0.1) is 5.69 Å². The number of amides is 1. The number of nitrogens with zero attached hydrogens (tertiary/aromatic N) is 1. The van der Waals surface area contributed by atoms with Crippen molar-refractivity contribution in [2.45, 2.75) is 32.0 Å². The zero-order valence-electron chi connectivity index (χ0n) is 11.0. The van der Waals surface area contributed by atoms with Crippen LogP contribution in [0.15, 0.2) is 18.3 Å². The molecule has 2 heterocycles. The van der Waals surface area contributed by atoms with Crippen LogP contribution in [0, 0.1) is 0 Å². The van der Waals surface area contributed by atoms with Crippen molar-refractivity contribution in [3.63, 3.8) is 0 Å². The molecule has 2 rings (SSSR count). The minimum absolute atomic E-state index is 0.179. The first-order valence-corrected chi connectivity index (χ1v) is 6.69. The number of hydrogen-bond acceptors (Lipinski definition) is 5. The fourth-order valence-corrected chi connectivity index (χ4v) is 1.95. The number of carbonyl (C=O) groups is 2. The van der Waals surface area contributed by atoms with Gasteiger partial charge in [0.1, 0.15) is 0 Å². The Balaban J connectivity index is 1.88. The van der Waals surface area contributed by atoms with Crippen LogP contribution < -0.4 is 5.32 Å². The Labute approximate surface area is 121 Å². The summed E-state index contributed by atoms with van der Waals surface area (Å²) >= 11 is 5.83. The van der Waals surface area contributed by atoms with Gasteiger partial charge in [0, 0.05) is 12.8 Å². The minimum Gasteiger partial charge on any atom is -0.451 e. The highest BCUT2D eigenvalue weighted by atomic mass is 35.5. The average Bonchev–Trinajstić information content (AvgIpc) is 2.95. The van der Waals surface area contributed by atoms with Crippen LogP contribution in [0.1, 0.15) is 19.8 Å². The van der Waals surface area contributed by atoms with Gasteiger partial charge < -0.3 is 14.8 Å². The van der Waals surface area contributed by atoms with Gasteiger partial charge in [0.2, 0.25) is 0 Å². The fourth-order valence-electron chi connectivity index (χ4n) is 1.78. The zero-order valence-corrected chi connectivity index (χ0v) is 11.7. The topological polar surface area (TPSA) is 77.5 Å². The van der Waals surface area contributed by atoms with E-state index in [9.17, 15) is 9.59 Å². The number of carbonyl (C=O) groups excluding carboxylic acids is 2. The van der Waals surface area contributed by atoms with Gasteiger partial charge in [-0.05, 0) is 31.9 Å². The standard InChI is InChI=1S/C13H15ClN2O4/c1-8(20-13(18)10-5-3-7-19-10)12(17)16-9-4-2-6-15-11(9)14/h2,4,6,8,10H,3,5,7H2,1H3,(H,16,17)/t8-,10+/m0/s1. The normalized spacial score (nSPS) is 19.4. The molecule has 1 amide bonds. The van der Waals surface area contributed by atoms with Crippen molar-refractivity contribution in [3.8, 4) is 0 Å². The molecule has 1 aromatic rings. The molecule has 0 bridgehead atoms. The molecule has 0 aliphatic carbocycles. The average molecular weight is 299 g/mol. The lowest BCUT2D eigenvalue weighted by Gasteiger charge is -2.16. The molecule has 20 heavy (non-hydrogen) atoms. The molecule has 0 spiro atoms. The van der Waals surface area contributed by atoms with Crippen LogP contribution in [0.2, 0.25) is 5.15 Å². The number of aromatic nitrogens is 1. The van der Waals surface area contributed by atoms with Crippen molar-refractivity contribution in [2.75, 3.05) is 11.9 Å². The molecule has 0 radical (unpaired) electrons. The Kier molecular flexibility index (Phi) is 4.92. The Bertz CT molecular complexity index is 503. The molecule has 1 aromatic heterocycles. The second kappa shape index (κ2) is 6.67.